The molecule has 0 saturated heterocycles. The molecule has 0 radical (unpaired) electrons. The molecular weight excluding hydrogens is 374 g/mol. The smallest absolute Gasteiger partial charge is 0.310 e. The zero-order valence-electron chi connectivity index (χ0n) is 15.6. The molecule has 1 N–H and O–H groups in total. The highest BCUT2D eigenvalue weighted by atomic mass is 32.1. The maximum Gasteiger partial charge on any atom is 0.310 e. The molecule has 0 aliphatic rings. The Labute approximate surface area is 165 Å². The average molecular weight is 393 g/mol. The number of thiazole rings is 1. The van der Waals surface area contributed by atoms with Gasteiger partial charge >= 0.3 is 5.97 Å². The number of aromatic nitrogens is 3. The Kier molecular flexibility index (Phi) is 4.83. The van der Waals surface area contributed by atoms with Gasteiger partial charge in [0.15, 0.2) is 11.7 Å². The van der Waals surface area contributed by atoms with E-state index in [1.165, 1.54) is 11.3 Å². The quantitative estimate of drug-likeness (QED) is 0.397. The number of H-pyrrole nitrogens is 1. The van der Waals surface area contributed by atoms with Crippen LogP contribution in [0.3, 0.4) is 0 Å². The maximum atomic E-state index is 12.6. The van der Waals surface area contributed by atoms with Gasteiger partial charge in [-0.25, -0.2) is 4.98 Å². The molecule has 1 aromatic carbocycles. The normalized spacial score (nSPS) is 11.1. The van der Waals surface area contributed by atoms with E-state index < -0.39 is 5.97 Å². The van der Waals surface area contributed by atoms with E-state index in [1.54, 1.807) is 12.4 Å². The number of ketones is 1. The highest BCUT2D eigenvalue weighted by Crippen LogP contribution is 2.23. The first-order chi connectivity index (χ1) is 13.5. The number of nitrogens with zero attached hydrogens (tertiary/aromatic N) is 2. The summed E-state index contributed by atoms with van der Waals surface area (Å²) >= 11 is 1.50. The summed E-state index contributed by atoms with van der Waals surface area (Å²) in [6.45, 7) is 3.52. The Morgan fingerprint density at radius 3 is 2.86 bits per heavy atom. The first-order valence-corrected chi connectivity index (χ1v) is 9.75. The Balaban J connectivity index is 1.43. The van der Waals surface area contributed by atoms with Gasteiger partial charge in [-0.3, -0.25) is 14.2 Å². The number of Topliss-reactive ketones (excluding diaryl/α,β-unsaturated/α-hetero) is 1. The van der Waals surface area contributed by atoms with Crippen LogP contribution in [0.1, 0.15) is 27.3 Å². The van der Waals surface area contributed by atoms with E-state index in [-0.39, 0.29) is 18.8 Å². The van der Waals surface area contributed by atoms with E-state index in [0.29, 0.717) is 5.56 Å². The molecule has 4 aromatic rings. The lowest BCUT2D eigenvalue weighted by Gasteiger charge is -2.06. The lowest BCUT2D eigenvalue weighted by molar-refractivity contribution is -0.141. The summed E-state index contributed by atoms with van der Waals surface area (Å²) < 4.78 is 7.19. The summed E-state index contributed by atoms with van der Waals surface area (Å²) in [4.78, 5) is 32.3. The van der Waals surface area contributed by atoms with Crippen molar-refractivity contribution in [3.63, 3.8) is 0 Å². The van der Waals surface area contributed by atoms with Gasteiger partial charge in [-0.15, -0.1) is 11.3 Å². The Morgan fingerprint density at radius 2 is 2.07 bits per heavy atom. The van der Waals surface area contributed by atoms with Crippen molar-refractivity contribution in [1.82, 2.24) is 14.5 Å². The molecule has 3 aromatic heterocycles. The number of hydrogen-bond acceptors (Lipinski definition) is 5. The second-order valence-electron chi connectivity index (χ2n) is 6.56. The largest absolute Gasteiger partial charge is 0.457 e. The number of carbonyl (C=O) groups is 2. The number of aromatic amines is 1. The van der Waals surface area contributed by atoms with E-state index in [0.717, 1.165) is 33.0 Å². The minimum atomic E-state index is -0.424. The van der Waals surface area contributed by atoms with Crippen molar-refractivity contribution in [2.75, 3.05) is 6.61 Å². The second-order valence-corrected chi connectivity index (χ2v) is 7.43. The van der Waals surface area contributed by atoms with Crippen molar-refractivity contribution in [3.05, 3.63) is 70.6 Å². The lowest BCUT2D eigenvalue weighted by atomic mass is 10.1. The molecular formula is C21H19N3O3S. The number of aryl methyl sites for hydroxylation is 1. The van der Waals surface area contributed by atoms with Gasteiger partial charge in [0, 0.05) is 45.6 Å². The predicted octanol–water partition coefficient (Wildman–Crippen LogP) is 4.00. The van der Waals surface area contributed by atoms with Gasteiger partial charge < -0.3 is 9.72 Å². The number of para-hydroxylation sites is 1. The standard InChI is InChI=1S/C21H19N3O3S/c1-13-9-17(14(2)24(13)21-22-7-8-28-21)19(25)12-27-20(26)10-15-11-23-18-6-4-3-5-16(15)18/h3-9,11,23H,10,12H2,1-2H3. The Hall–Kier alpha value is -3.19. The molecule has 28 heavy (non-hydrogen) atoms. The molecule has 7 heteroatoms. The molecule has 0 aliphatic heterocycles. The number of rotatable bonds is 6. The van der Waals surface area contributed by atoms with Gasteiger partial charge in [0.05, 0.1) is 6.42 Å². The third-order valence-electron chi connectivity index (χ3n) is 4.72. The molecule has 0 spiro atoms. The number of fused-ring (bicyclic) bond motifs is 1. The van der Waals surface area contributed by atoms with Gasteiger partial charge in [0.2, 0.25) is 5.78 Å². The molecule has 4 rings (SSSR count). The van der Waals surface area contributed by atoms with Crippen LogP contribution in [0.25, 0.3) is 16.0 Å². The van der Waals surface area contributed by atoms with Crippen LogP contribution in [0.15, 0.2) is 48.1 Å². The van der Waals surface area contributed by atoms with E-state index in [1.807, 2.05) is 54.1 Å². The van der Waals surface area contributed by atoms with Crippen molar-refractivity contribution in [2.24, 2.45) is 0 Å². The summed E-state index contributed by atoms with van der Waals surface area (Å²) in [5.74, 6) is -0.644. The van der Waals surface area contributed by atoms with Gasteiger partial charge in [-0.1, -0.05) is 18.2 Å². The van der Waals surface area contributed by atoms with Crippen molar-refractivity contribution in [3.8, 4) is 5.13 Å². The molecule has 0 saturated carbocycles. The van der Waals surface area contributed by atoms with Crippen LogP contribution < -0.4 is 0 Å². The van der Waals surface area contributed by atoms with Gasteiger partial charge in [0.25, 0.3) is 0 Å². The Bertz CT molecular complexity index is 1160. The van der Waals surface area contributed by atoms with Crippen molar-refractivity contribution in [2.45, 2.75) is 20.3 Å². The summed E-state index contributed by atoms with van der Waals surface area (Å²) in [5.41, 5.74) is 4.09. The minimum absolute atomic E-state index is 0.120. The molecule has 0 atom stereocenters. The Morgan fingerprint density at radius 1 is 1.25 bits per heavy atom. The fourth-order valence-corrected chi connectivity index (χ4v) is 4.13. The summed E-state index contributed by atoms with van der Waals surface area (Å²) in [6, 6.07) is 9.57. The van der Waals surface area contributed by atoms with Crippen molar-refractivity contribution in [1.29, 1.82) is 0 Å². The molecule has 0 fully saturated rings. The van der Waals surface area contributed by atoms with Crippen LogP contribution in [0.4, 0.5) is 0 Å². The number of carbonyl (C=O) groups excluding carboxylic acids is 2. The summed E-state index contributed by atoms with van der Waals surface area (Å²) in [7, 11) is 0. The number of benzene rings is 1. The zero-order chi connectivity index (χ0) is 19.7. The van der Waals surface area contributed by atoms with E-state index in [2.05, 4.69) is 9.97 Å². The van der Waals surface area contributed by atoms with Crippen LogP contribution in [0, 0.1) is 13.8 Å². The number of esters is 1. The fraction of sp³-hybridized carbons (Fsp3) is 0.190. The minimum Gasteiger partial charge on any atom is -0.457 e. The summed E-state index contributed by atoms with van der Waals surface area (Å²) in [5, 5.41) is 3.69. The second kappa shape index (κ2) is 7.44. The molecule has 0 unspecified atom stereocenters. The van der Waals surface area contributed by atoms with Gasteiger partial charge in [-0.05, 0) is 31.5 Å². The molecule has 6 nitrogen and oxygen atoms in total. The number of ether oxygens (including phenoxy) is 1. The van der Waals surface area contributed by atoms with Crippen LogP contribution in [0.2, 0.25) is 0 Å². The average Bonchev–Trinajstić information content (AvgIpc) is 3.40. The molecule has 0 bridgehead atoms. The topological polar surface area (TPSA) is 77.0 Å². The predicted molar refractivity (Wildman–Crippen MR) is 108 cm³/mol. The van der Waals surface area contributed by atoms with Crippen LogP contribution in [0.5, 0.6) is 0 Å². The summed E-state index contributed by atoms with van der Waals surface area (Å²) in [6.07, 6.45) is 3.65. The van der Waals surface area contributed by atoms with Crippen LogP contribution in [-0.2, 0) is 16.0 Å². The highest BCUT2D eigenvalue weighted by molar-refractivity contribution is 7.12. The third kappa shape index (κ3) is 3.36. The van der Waals surface area contributed by atoms with Crippen LogP contribution >= 0.6 is 11.3 Å². The maximum absolute atomic E-state index is 12.6. The number of nitrogens with one attached hydrogen (secondary N) is 1. The van der Waals surface area contributed by atoms with Gasteiger partial charge in [-0.2, -0.15) is 0 Å². The number of hydrogen-bond donors (Lipinski definition) is 1. The monoisotopic (exact) mass is 393 g/mol. The SMILES string of the molecule is Cc1cc(C(=O)COC(=O)Cc2c[nH]c3ccccc23)c(C)n1-c1nccs1. The lowest BCUT2D eigenvalue weighted by Crippen LogP contribution is -2.16. The fourth-order valence-electron chi connectivity index (χ4n) is 3.37. The highest BCUT2D eigenvalue weighted by Gasteiger charge is 2.19. The first kappa shape index (κ1) is 18.2. The molecule has 0 amide bonds. The third-order valence-corrected chi connectivity index (χ3v) is 5.47. The molecule has 0 aliphatic carbocycles. The molecule has 3 heterocycles. The van der Waals surface area contributed by atoms with E-state index in [9.17, 15) is 9.59 Å². The first-order valence-electron chi connectivity index (χ1n) is 8.87. The van der Waals surface area contributed by atoms with E-state index in [4.69, 9.17) is 4.74 Å². The molecule has 142 valence electrons. The van der Waals surface area contributed by atoms with Crippen molar-refractivity contribution < 1.29 is 14.3 Å². The van der Waals surface area contributed by atoms with E-state index >= 15 is 0 Å². The van der Waals surface area contributed by atoms with Crippen LogP contribution in [-0.4, -0.2) is 32.9 Å². The van der Waals surface area contributed by atoms with Gasteiger partial charge in [0.1, 0.15) is 0 Å². The van der Waals surface area contributed by atoms with Crippen molar-refractivity contribution >= 4 is 34.0 Å². The zero-order valence-corrected chi connectivity index (χ0v) is 16.4.